The molecule has 192 valence electrons. The van der Waals surface area contributed by atoms with Crippen LogP contribution in [0.1, 0.15) is 48.4 Å². The fourth-order valence-electron chi connectivity index (χ4n) is 5.08. The lowest BCUT2D eigenvalue weighted by Crippen LogP contribution is -2.47. The average molecular weight is 508 g/mol. The van der Waals surface area contributed by atoms with Crippen molar-refractivity contribution < 1.29 is 5.11 Å². The minimum absolute atomic E-state index is 0.107. The van der Waals surface area contributed by atoms with Crippen molar-refractivity contribution in [2.24, 2.45) is 0 Å². The van der Waals surface area contributed by atoms with Crippen LogP contribution >= 0.6 is 0 Å². The number of pyridine rings is 3. The van der Waals surface area contributed by atoms with Gasteiger partial charge in [0.15, 0.2) is 5.82 Å². The maximum absolute atomic E-state index is 10.6. The fourth-order valence-corrected chi connectivity index (χ4v) is 5.08. The van der Waals surface area contributed by atoms with E-state index in [0.29, 0.717) is 41.2 Å². The molecule has 1 aliphatic heterocycles. The van der Waals surface area contributed by atoms with E-state index in [1.165, 1.54) is 12.0 Å². The molecule has 10 nitrogen and oxygen atoms in total. The predicted molar refractivity (Wildman–Crippen MR) is 145 cm³/mol. The van der Waals surface area contributed by atoms with Crippen molar-refractivity contribution in [2.75, 3.05) is 23.7 Å². The summed E-state index contributed by atoms with van der Waals surface area (Å²) in [6.45, 7) is 3.19. The third-order valence-corrected chi connectivity index (χ3v) is 7.43. The van der Waals surface area contributed by atoms with Crippen molar-refractivity contribution in [1.82, 2.24) is 30.2 Å². The molecule has 0 radical (unpaired) electrons. The fraction of sp³-hybridized carbons (Fsp3) is 0.357. The van der Waals surface area contributed by atoms with Crippen molar-refractivity contribution in [2.45, 2.75) is 50.7 Å². The number of aliphatic hydroxyl groups excluding tert-OH is 1. The molecule has 0 bridgehead atoms. The number of nitrogens with one attached hydrogen (secondary N) is 3. The van der Waals surface area contributed by atoms with Crippen LogP contribution in [0.2, 0.25) is 0 Å². The molecule has 2 aliphatic rings. The number of β-amino-alcohol motifs (C(OH)–C–C–N with tert-alkyl or cyclic N) is 1. The van der Waals surface area contributed by atoms with E-state index in [2.05, 4.69) is 37.0 Å². The lowest BCUT2D eigenvalue weighted by atomic mass is 9.79. The molecule has 4 N–H and O–H groups in total. The van der Waals surface area contributed by atoms with Crippen LogP contribution in [0.25, 0.3) is 22.3 Å². The highest BCUT2D eigenvalue weighted by atomic mass is 16.3. The number of piperidine rings is 1. The minimum Gasteiger partial charge on any atom is -0.390 e. The Balaban J connectivity index is 1.39. The van der Waals surface area contributed by atoms with E-state index in [9.17, 15) is 10.4 Å². The smallest absolute Gasteiger partial charge is 0.162 e. The molecule has 0 amide bonds. The first-order valence-electron chi connectivity index (χ1n) is 13.0. The van der Waals surface area contributed by atoms with Crippen molar-refractivity contribution in [3.8, 4) is 17.5 Å². The lowest BCUT2D eigenvalue weighted by Gasteiger charge is -2.31. The predicted octanol–water partition coefficient (Wildman–Crippen LogP) is 3.81. The van der Waals surface area contributed by atoms with E-state index in [0.717, 1.165) is 48.1 Å². The number of hydrogen-bond donors (Lipinski definition) is 4. The van der Waals surface area contributed by atoms with Gasteiger partial charge in [-0.15, -0.1) is 0 Å². The molecule has 0 aromatic carbocycles. The molecule has 0 spiro atoms. The van der Waals surface area contributed by atoms with Crippen molar-refractivity contribution in [3.63, 3.8) is 0 Å². The third-order valence-electron chi connectivity index (χ3n) is 7.43. The largest absolute Gasteiger partial charge is 0.390 e. The van der Waals surface area contributed by atoms with Gasteiger partial charge < -0.3 is 21.1 Å². The average Bonchev–Trinajstić information content (AvgIpc) is 2.89. The van der Waals surface area contributed by atoms with Gasteiger partial charge in [-0.25, -0.2) is 19.9 Å². The summed E-state index contributed by atoms with van der Waals surface area (Å²) >= 11 is 0. The highest BCUT2D eigenvalue weighted by Crippen LogP contribution is 2.41. The maximum atomic E-state index is 10.6. The number of nitrogens with zero attached hydrogens (tertiary/aromatic N) is 6. The Kier molecular flexibility index (Phi) is 6.54. The standard InChI is InChI=1S/C28H29N9O/c1-16-19(12-29)5-6-24(33-16)36-25-11-18(7-10-32-25)27-35-22-14-31-13-20(17-3-2-4-17)26(22)28(37-27)34-21-8-9-30-15-23(21)38/h5-7,10-11,13-14,17,21,23,30,38H,2-4,8-9,15H2,1H3,(H,32,33,36)(H,34,35,37)/t21-,23+/m1/s1. The second-order valence-corrected chi connectivity index (χ2v) is 9.95. The molecule has 2 atom stereocenters. The first-order chi connectivity index (χ1) is 18.6. The first-order valence-corrected chi connectivity index (χ1v) is 13.0. The number of nitriles is 1. The molecule has 1 saturated heterocycles. The Bertz CT molecular complexity index is 1530. The van der Waals surface area contributed by atoms with Crippen LogP contribution in [-0.4, -0.2) is 55.3 Å². The van der Waals surface area contributed by atoms with E-state index in [-0.39, 0.29) is 6.04 Å². The van der Waals surface area contributed by atoms with Gasteiger partial charge in [0.05, 0.1) is 35.1 Å². The van der Waals surface area contributed by atoms with E-state index in [4.69, 9.17) is 9.97 Å². The summed E-state index contributed by atoms with van der Waals surface area (Å²) in [6.07, 6.45) is 9.22. The number of anilines is 3. The van der Waals surface area contributed by atoms with Gasteiger partial charge in [-0.1, -0.05) is 6.42 Å². The first kappa shape index (κ1) is 24.2. The molecule has 1 aliphatic carbocycles. The van der Waals surface area contributed by atoms with Crippen molar-refractivity contribution in [3.05, 3.63) is 59.7 Å². The molecule has 2 fully saturated rings. The monoisotopic (exact) mass is 507 g/mol. The minimum atomic E-state index is -0.508. The van der Waals surface area contributed by atoms with Crippen LogP contribution in [0.5, 0.6) is 0 Å². The quantitative estimate of drug-likeness (QED) is 0.304. The van der Waals surface area contributed by atoms with Crippen LogP contribution in [0.4, 0.5) is 17.5 Å². The zero-order chi connectivity index (χ0) is 26.1. The summed E-state index contributed by atoms with van der Waals surface area (Å²) in [5, 5.41) is 30.8. The number of aryl methyl sites for hydroxylation is 1. The Morgan fingerprint density at radius 1 is 1.08 bits per heavy atom. The van der Waals surface area contributed by atoms with Gasteiger partial charge in [-0.3, -0.25) is 4.98 Å². The Morgan fingerprint density at radius 3 is 2.74 bits per heavy atom. The van der Waals surface area contributed by atoms with Gasteiger partial charge in [0.2, 0.25) is 0 Å². The molecular weight excluding hydrogens is 478 g/mol. The van der Waals surface area contributed by atoms with Gasteiger partial charge in [-0.05, 0) is 68.5 Å². The molecule has 4 aromatic rings. The normalized spacial score (nSPS) is 19.5. The van der Waals surface area contributed by atoms with Gasteiger partial charge >= 0.3 is 0 Å². The molecule has 6 rings (SSSR count). The molecule has 10 heteroatoms. The summed E-state index contributed by atoms with van der Waals surface area (Å²) in [5.74, 6) is 2.93. The van der Waals surface area contributed by atoms with Crippen LogP contribution in [0.15, 0.2) is 42.9 Å². The van der Waals surface area contributed by atoms with Crippen LogP contribution in [0.3, 0.4) is 0 Å². The number of rotatable bonds is 6. The summed E-state index contributed by atoms with van der Waals surface area (Å²) in [5.41, 5.74) is 3.93. The zero-order valence-electron chi connectivity index (χ0n) is 21.1. The third kappa shape index (κ3) is 4.74. The SMILES string of the molecule is Cc1nc(Nc2cc(-c3nc(N[C@@H]4CCNC[C@@H]4O)c4c(C5CCC5)cncc4n3)ccn2)ccc1C#N. The van der Waals surface area contributed by atoms with E-state index in [1.807, 2.05) is 18.3 Å². The molecule has 1 saturated carbocycles. The molecular formula is C28H29N9O. The van der Waals surface area contributed by atoms with Gasteiger partial charge in [0.1, 0.15) is 23.5 Å². The topological polar surface area (TPSA) is 145 Å². The molecule has 5 heterocycles. The van der Waals surface area contributed by atoms with E-state index < -0.39 is 6.10 Å². The Labute approximate surface area is 220 Å². The lowest BCUT2D eigenvalue weighted by molar-refractivity contribution is 0.128. The summed E-state index contributed by atoms with van der Waals surface area (Å²) in [4.78, 5) is 23.3. The van der Waals surface area contributed by atoms with Crippen molar-refractivity contribution in [1.29, 1.82) is 5.26 Å². The molecule has 4 aromatic heterocycles. The Hall–Kier alpha value is -4.20. The van der Waals surface area contributed by atoms with Crippen LogP contribution in [-0.2, 0) is 0 Å². The van der Waals surface area contributed by atoms with Gasteiger partial charge in [0, 0.05) is 29.9 Å². The zero-order valence-corrected chi connectivity index (χ0v) is 21.1. The second-order valence-electron chi connectivity index (χ2n) is 9.95. The van der Waals surface area contributed by atoms with Crippen molar-refractivity contribution >= 4 is 28.4 Å². The summed E-state index contributed by atoms with van der Waals surface area (Å²) in [6, 6.07) is 9.27. The second kappa shape index (κ2) is 10.3. The summed E-state index contributed by atoms with van der Waals surface area (Å²) in [7, 11) is 0. The highest BCUT2D eigenvalue weighted by molar-refractivity contribution is 5.93. The summed E-state index contributed by atoms with van der Waals surface area (Å²) < 4.78 is 0. The van der Waals surface area contributed by atoms with Gasteiger partial charge in [-0.2, -0.15) is 5.26 Å². The molecule has 0 unspecified atom stereocenters. The Morgan fingerprint density at radius 2 is 1.97 bits per heavy atom. The number of aliphatic hydroxyl groups is 1. The van der Waals surface area contributed by atoms with Crippen LogP contribution < -0.4 is 16.0 Å². The number of hydrogen-bond acceptors (Lipinski definition) is 10. The number of aromatic nitrogens is 5. The number of fused-ring (bicyclic) bond motifs is 1. The van der Waals surface area contributed by atoms with Crippen LogP contribution in [0, 0.1) is 18.3 Å². The molecule has 38 heavy (non-hydrogen) atoms. The maximum Gasteiger partial charge on any atom is 0.162 e. The van der Waals surface area contributed by atoms with E-state index >= 15 is 0 Å². The van der Waals surface area contributed by atoms with E-state index in [1.54, 1.807) is 31.5 Å². The highest BCUT2D eigenvalue weighted by Gasteiger charge is 2.28. The van der Waals surface area contributed by atoms with Gasteiger partial charge in [0.25, 0.3) is 0 Å².